The molecule has 2 atom stereocenters. The fourth-order valence-electron chi connectivity index (χ4n) is 3.18. The Hall–Kier alpha value is -3.79. The monoisotopic (exact) mass is 427 g/mol. The number of ether oxygens (including phenoxy) is 1. The van der Waals surface area contributed by atoms with E-state index < -0.39 is 28.6 Å². The first-order valence-corrected chi connectivity index (χ1v) is 9.71. The Labute approximate surface area is 180 Å². The minimum atomic E-state index is -0.942. The molecule has 1 saturated heterocycles. The topological polar surface area (TPSA) is 138 Å². The van der Waals surface area contributed by atoms with Gasteiger partial charge in [-0.2, -0.15) is 5.26 Å². The van der Waals surface area contributed by atoms with Crippen molar-refractivity contribution in [2.45, 2.75) is 51.3 Å². The van der Waals surface area contributed by atoms with Crippen LogP contribution in [0.2, 0.25) is 0 Å². The third kappa shape index (κ3) is 6.61. The van der Waals surface area contributed by atoms with Crippen LogP contribution in [0.1, 0.15) is 39.2 Å². The van der Waals surface area contributed by atoms with E-state index in [-0.39, 0.29) is 23.7 Å². The van der Waals surface area contributed by atoms with Gasteiger partial charge in [0.05, 0.1) is 16.2 Å². The van der Waals surface area contributed by atoms with Gasteiger partial charge in [-0.25, -0.2) is 4.79 Å². The van der Waals surface area contributed by atoms with E-state index in [1.807, 2.05) is 11.0 Å². The van der Waals surface area contributed by atoms with E-state index in [0.29, 0.717) is 25.2 Å². The van der Waals surface area contributed by atoms with E-state index in [1.165, 1.54) is 18.2 Å². The molecule has 0 saturated carbocycles. The van der Waals surface area contributed by atoms with E-state index in [0.717, 1.165) is 0 Å². The van der Waals surface area contributed by atoms with Crippen LogP contribution in [0.4, 0.5) is 16.2 Å². The predicted octanol–water partition coefficient (Wildman–Crippen LogP) is 2.08. The van der Waals surface area contributed by atoms with Crippen LogP contribution in [0.5, 0.6) is 0 Å². The van der Waals surface area contributed by atoms with Crippen molar-refractivity contribution in [2.24, 2.45) is 0 Å². The second kappa shape index (κ2) is 9.81. The summed E-state index contributed by atoms with van der Waals surface area (Å²) in [6.07, 6.45) is 5.20. The molecular weight excluding hydrogens is 402 g/mol. The van der Waals surface area contributed by atoms with Gasteiger partial charge < -0.3 is 20.3 Å². The number of anilines is 1. The highest BCUT2D eigenvalue weighted by Crippen LogP contribution is 2.27. The molecule has 10 nitrogen and oxygen atoms in total. The van der Waals surface area contributed by atoms with Gasteiger partial charge in [-0.3, -0.25) is 14.9 Å². The van der Waals surface area contributed by atoms with Crippen LogP contribution in [0.15, 0.2) is 18.2 Å². The first-order chi connectivity index (χ1) is 14.5. The van der Waals surface area contributed by atoms with Crippen LogP contribution in [0, 0.1) is 33.8 Å². The van der Waals surface area contributed by atoms with E-state index in [9.17, 15) is 25.0 Å². The highest BCUT2D eigenvalue weighted by atomic mass is 16.6. The second-order valence-corrected chi connectivity index (χ2v) is 8.12. The number of carbonyl (C=O) groups excluding carboxylic acids is 2. The standard InChI is InChI=1S/C21H25N5O5/c1-5-6-17(24-20(28)31-21(2,3)4)19(27)23-15-9-10-25(13-15)18-8-7-16(26(29)30)11-14(18)12-22/h1,7-8,11,15,17H,6,9-10,13H2,2-4H3,(H,23,27)(H,24,28)/t15-,17-/m0/s1. The van der Waals surface area contributed by atoms with Gasteiger partial charge in [0.15, 0.2) is 0 Å². The normalized spacial score (nSPS) is 16.5. The van der Waals surface area contributed by atoms with Gasteiger partial charge in [-0.1, -0.05) is 0 Å². The molecule has 2 N–H and O–H groups in total. The van der Waals surface area contributed by atoms with Crippen molar-refractivity contribution >= 4 is 23.4 Å². The molecule has 164 valence electrons. The van der Waals surface area contributed by atoms with Crippen molar-refractivity contribution in [2.75, 3.05) is 18.0 Å². The minimum absolute atomic E-state index is 0.00242. The number of terminal acetylenes is 1. The minimum Gasteiger partial charge on any atom is -0.444 e. The quantitative estimate of drug-likeness (QED) is 0.403. The van der Waals surface area contributed by atoms with E-state index in [4.69, 9.17) is 11.2 Å². The molecule has 2 rings (SSSR count). The fraction of sp³-hybridized carbons (Fsp3) is 0.476. The number of nitriles is 1. The Bertz CT molecular complexity index is 941. The number of rotatable bonds is 6. The SMILES string of the molecule is C#CC[C@H](NC(=O)OC(C)(C)C)C(=O)N[C@H]1CCN(c2ccc([N+](=O)[O-])cc2C#N)C1. The number of non-ortho nitro benzene ring substituents is 1. The average Bonchev–Trinajstić information content (AvgIpc) is 3.13. The summed E-state index contributed by atoms with van der Waals surface area (Å²) in [6, 6.07) is 4.91. The number of amides is 2. The molecule has 1 aliphatic heterocycles. The summed E-state index contributed by atoms with van der Waals surface area (Å²) in [4.78, 5) is 36.9. The van der Waals surface area contributed by atoms with Gasteiger partial charge in [0.2, 0.25) is 5.91 Å². The third-order valence-electron chi connectivity index (χ3n) is 4.52. The Morgan fingerprint density at radius 2 is 2.16 bits per heavy atom. The Balaban J connectivity index is 2.02. The van der Waals surface area contributed by atoms with Crippen LogP contribution >= 0.6 is 0 Å². The summed E-state index contributed by atoms with van der Waals surface area (Å²) < 4.78 is 5.18. The highest BCUT2D eigenvalue weighted by molar-refractivity contribution is 5.86. The summed E-state index contributed by atoms with van der Waals surface area (Å²) in [5, 5.41) is 25.6. The lowest BCUT2D eigenvalue weighted by Gasteiger charge is -2.24. The summed E-state index contributed by atoms with van der Waals surface area (Å²) in [5.41, 5.74) is -0.110. The average molecular weight is 427 g/mol. The molecule has 1 heterocycles. The Morgan fingerprint density at radius 1 is 1.45 bits per heavy atom. The molecule has 2 amide bonds. The zero-order valence-corrected chi connectivity index (χ0v) is 17.7. The van der Waals surface area contributed by atoms with Gasteiger partial charge in [-0.15, -0.1) is 12.3 Å². The van der Waals surface area contributed by atoms with E-state index >= 15 is 0 Å². The number of nitro benzene ring substituents is 1. The zero-order chi connectivity index (χ0) is 23.2. The number of nitrogens with zero attached hydrogens (tertiary/aromatic N) is 3. The Kier molecular flexibility index (Phi) is 7.43. The molecule has 31 heavy (non-hydrogen) atoms. The summed E-state index contributed by atoms with van der Waals surface area (Å²) in [6.45, 7) is 6.10. The summed E-state index contributed by atoms with van der Waals surface area (Å²) >= 11 is 0. The van der Waals surface area contributed by atoms with Crippen molar-refractivity contribution in [1.82, 2.24) is 10.6 Å². The van der Waals surface area contributed by atoms with Crippen molar-refractivity contribution in [3.63, 3.8) is 0 Å². The molecular formula is C21H25N5O5. The maximum atomic E-state index is 12.7. The third-order valence-corrected chi connectivity index (χ3v) is 4.52. The van der Waals surface area contributed by atoms with Crippen LogP contribution < -0.4 is 15.5 Å². The molecule has 0 unspecified atom stereocenters. The Morgan fingerprint density at radius 3 is 2.74 bits per heavy atom. The lowest BCUT2D eigenvalue weighted by Crippen LogP contribution is -2.51. The van der Waals surface area contributed by atoms with Crippen LogP contribution in [-0.4, -0.2) is 47.7 Å². The number of benzene rings is 1. The zero-order valence-electron chi connectivity index (χ0n) is 17.7. The number of alkyl carbamates (subject to hydrolysis) is 1. The summed E-state index contributed by atoms with van der Waals surface area (Å²) in [7, 11) is 0. The maximum Gasteiger partial charge on any atom is 0.408 e. The smallest absolute Gasteiger partial charge is 0.408 e. The molecule has 0 bridgehead atoms. The van der Waals surface area contributed by atoms with Gasteiger partial charge in [0.25, 0.3) is 5.69 Å². The van der Waals surface area contributed by atoms with Crippen molar-refractivity contribution in [3.8, 4) is 18.4 Å². The van der Waals surface area contributed by atoms with E-state index in [1.54, 1.807) is 20.8 Å². The molecule has 1 fully saturated rings. The molecule has 10 heteroatoms. The highest BCUT2D eigenvalue weighted by Gasteiger charge is 2.30. The molecule has 0 aromatic heterocycles. The molecule has 1 aromatic rings. The van der Waals surface area contributed by atoms with Crippen molar-refractivity contribution in [1.29, 1.82) is 5.26 Å². The van der Waals surface area contributed by atoms with Gasteiger partial charge in [0.1, 0.15) is 17.7 Å². The first-order valence-electron chi connectivity index (χ1n) is 9.71. The lowest BCUT2D eigenvalue weighted by atomic mass is 10.1. The number of hydrogen-bond acceptors (Lipinski definition) is 7. The molecule has 0 aliphatic carbocycles. The van der Waals surface area contributed by atoms with Crippen molar-refractivity contribution in [3.05, 3.63) is 33.9 Å². The molecule has 1 aliphatic rings. The van der Waals surface area contributed by atoms with Crippen molar-refractivity contribution < 1.29 is 19.2 Å². The van der Waals surface area contributed by atoms with Gasteiger partial charge >= 0.3 is 6.09 Å². The molecule has 1 aromatic carbocycles. The fourth-order valence-corrected chi connectivity index (χ4v) is 3.18. The summed E-state index contributed by atoms with van der Waals surface area (Å²) in [5.74, 6) is 1.94. The predicted molar refractivity (Wildman–Crippen MR) is 113 cm³/mol. The largest absolute Gasteiger partial charge is 0.444 e. The van der Waals surface area contributed by atoms with Crippen LogP contribution in [0.3, 0.4) is 0 Å². The number of hydrogen-bond donors (Lipinski definition) is 2. The molecule has 0 radical (unpaired) electrons. The van der Waals surface area contributed by atoms with E-state index in [2.05, 4.69) is 16.6 Å². The van der Waals surface area contributed by atoms with Crippen LogP contribution in [0.25, 0.3) is 0 Å². The van der Waals surface area contributed by atoms with Gasteiger partial charge in [-0.05, 0) is 33.3 Å². The molecule has 0 spiro atoms. The maximum absolute atomic E-state index is 12.7. The lowest BCUT2D eigenvalue weighted by molar-refractivity contribution is -0.384. The number of carbonyl (C=O) groups is 2. The number of nitrogens with one attached hydrogen (secondary N) is 2. The van der Waals surface area contributed by atoms with Gasteiger partial charge in [0, 0.05) is 37.7 Å². The first kappa shape index (κ1) is 23.5. The second-order valence-electron chi connectivity index (χ2n) is 8.12. The van der Waals surface area contributed by atoms with Crippen LogP contribution in [-0.2, 0) is 9.53 Å². The number of nitro groups is 1.